The van der Waals surface area contributed by atoms with E-state index < -0.39 is 0 Å². The Balaban J connectivity index is 1.88. The smallest absolute Gasteiger partial charge is 0.255 e. The summed E-state index contributed by atoms with van der Waals surface area (Å²) in [5, 5.41) is 0. The molecule has 0 saturated carbocycles. The van der Waals surface area contributed by atoms with Crippen molar-refractivity contribution in [3.05, 3.63) is 60.0 Å². The Labute approximate surface area is 142 Å². The lowest BCUT2D eigenvalue weighted by molar-refractivity contribution is 0.0742. The third-order valence-electron chi connectivity index (χ3n) is 4.40. The summed E-state index contributed by atoms with van der Waals surface area (Å²) in [6.07, 6.45) is 3.41. The predicted molar refractivity (Wildman–Crippen MR) is 94.9 cm³/mol. The first kappa shape index (κ1) is 16.2. The third-order valence-corrected chi connectivity index (χ3v) is 4.40. The summed E-state index contributed by atoms with van der Waals surface area (Å²) in [5.74, 6) is -0.0557. The van der Waals surface area contributed by atoms with Crippen molar-refractivity contribution in [3.8, 4) is 0 Å². The fourth-order valence-corrected chi connectivity index (χ4v) is 2.75. The van der Waals surface area contributed by atoms with E-state index >= 15 is 0 Å². The molecule has 2 heterocycles. The summed E-state index contributed by atoms with van der Waals surface area (Å²) < 4.78 is 2.00. The van der Waals surface area contributed by atoms with Gasteiger partial charge in [-0.2, -0.15) is 0 Å². The summed E-state index contributed by atoms with van der Waals surface area (Å²) in [6, 6.07) is 12.1. The van der Waals surface area contributed by atoms with Gasteiger partial charge in [-0.25, -0.2) is 9.97 Å². The molecule has 0 unspecified atom stereocenters. The number of carbonyl (C=O) groups is 1. The molecule has 1 aromatic carbocycles. The zero-order valence-corrected chi connectivity index (χ0v) is 14.5. The van der Waals surface area contributed by atoms with Gasteiger partial charge in [0.15, 0.2) is 5.65 Å². The van der Waals surface area contributed by atoms with Crippen LogP contribution in [0.15, 0.2) is 48.9 Å². The highest BCUT2D eigenvalue weighted by molar-refractivity contribution is 5.96. The maximum absolute atomic E-state index is 12.8. The van der Waals surface area contributed by atoms with Crippen molar-refractivity contribution in [1.29, 1.82) is 0 Å². The molecule has 5 nitrogen and oxygen atoms in total. The molecule has 124 valence electrons. The molecule has 1 amide bonds. The molecule has 24 heavy (non-hydrogen) atoms. The molecule has 0 bridgehead atoms. The van der Waals surface area contributed by atoms with Crippen LogP contribution in [0.4, 0.5) is 0 Å². The molecule has 0 fully saturated rings. The van der Waals surface area contributed by atoms with Crippen LogP contribution in [0.2, 0.25) is 0 Å². The maximum atomic E-state index is 12.8. The minimum Gasteiger partial charge on any atom is -0.335 e. The summed E-state index contributed by atoms with van der Waals surface area (Å²) >= 11 is 0. The number of pyridine rings is 1. The van der Waals surface area contributed by atoms with Crippen molar-refractivity contribution in [1.82, 2.24) is 19.4 Å². The van der Waals surface area contributed by atoms with Gasteiger partial charge < -0.3 is 9.47 Å². The molecule has 3 aromatic rings. The van der Waals surface area contributed by atoms with Gasteiger partial charge in [0.2, 0.25) is 0 Å². The van der Waals surface area contributed by atoms with E-state index in [2.05, 4.69) is 23.8 Å². The van der Waals surface area contributed by atoms with Gasteiger partial charge in [-0.05, 0) is 32.4 Å². The number of imidazole rings is 1. The first-order valence-corrected chi connectivity index (χ1v) is 8.13. The average molecular weight is 322 g/mol. The van der Waals surface area contributed by atoms with Crippen molar-refractivity contribution in [3.63, 3.8) is 0 Å². The summed E-state index contributed by atoms with van der Waals surface area (Å²) in [5.41, 5.74) is 3.21. The van der Waals surface area contributed by atoms with Crippen LogP contribution in [-0.2, 0) is 0 Å². The van der Waals surface area contributed by atoms with Gasteiger partial charge in [0.1, 0.15) is 5.52 Å². The number of hydrogen-bond donors (Lipinski definition) is 0. The van der Waals surface area contributed by atoms with Crippen LogP contribution in [-0.4, -0.2) is 32.4 Å². The molecule has 0 radical (unpaired) electrons. The second-order valence-electron chi connectivity index (χ2n) is 6.32. The molecule has 0 aliphatic carbocycles. The Kier molecular flexibility index (Phi) is 4.34. The van der Waals surface area contributed by atoms with Crippen molar-refractivity contribution in [2.75, 3.05) is 7.05 Å². The van der Waals surface area contributed by atoms with Gasteiger partial charge in [0.05, 0.1) is 17.9 Å². The van der Waals surface area contributed by atoms with Crippen LogP contribution >= 0.6 is 0 Å². The molecular formula is C19H22N4O. The Morgan fingerprint density at radius 2 is 1.83 bits per heavy atom. The second-order valence-corrected chi connectivity index (χ2v) is 6.32. The molecule has 5 heteroatoms. The summed E-state index contributed by atoms with van der Waals surface area (Å²) in [4.78, 5) is 23.4. The lowest BCUT2D eigenvalue weighted by atomic mass is 10.1. The molecule has 0 aliphatic rings. The van der Waals surface area contributed by atoms with Gasteiger partial charge in [-0.1, -0.05) is 30.3 Å². The molecule has 0 saturated heterocycles. The Morgan fingerprint density at radius 1 is 1.12 bits per heavy atom. The van der Waals surface area contributed by atoms with Crippen LogP contribution in [0.1, 0.15) is 48.8 Å². The van der Waals surface area contributed by atoms with Gasteiger partial charge >= 0.3 is 0 Å². The number of hydrogen-bond acceptors (Lipinski definition) is 3. The number of amides is 1. The van der Waals surface area contributed by atoms with Crippen molar-refractivity contribution < 1.29 is 4.79 Å². The van der Waals surface area contributed by atoms with Crippen LogP contribution in [0.3, 0.4) is 0 Å². The Bertz CT molecular complexity index is 854. The van der Waals surface area contributed by atoms with E-state index in [-0.39, 0.29) is 18.0 Å². The molecule has 1 atom stereocenters. The predicted octanol–water partition coefficient (Wildman–Crippen LogP) is 3.85. The highest BCUT2D eigenvalue weighted by Crippen LogP contribution is 2.22. The minimum atomic E-state index is -0.0557. The van der Waals surface area contributed by atoms with Gasteiger partial charge in [-0.3, -0.25) is 4.79 Å². The van der Waals surface area contributed by atoms with Crippen LogP contribution in [0.5, 0.6) is 0 Å². The SMILES string of the molecule is CC(C)n1cnc2cc(C(=O)N(C)[C@@H](C)c3ccccc3)cnc21. The van der Waals surface area contributed by atoms with Crippen LogP contribution < -0.4 is 0 Å². The largest absolute Gasteiger partial charge is 0.335 e. The van der Waals surface area contributed by atoms with Crippen LogP contribution in [0, 0.1) is 0 Å². The van der Waals surface area contributed by atoms with Crippen LogP contribution in [0.25, 0.3) is 11.2 Å². The van der Waals surface area contributed by atoms with E-state index in [1.165, 1.54) is 0 Å². The molecule has 0 aliphatic heterocycles. The number of nitrogens with zero attached hydrogens (tertiary/aromatic N) is 4. The van der Waals surface area contributed by atoms with E-state index in [1.54, 1.807) is 17.4 Å². The number of benzene rings is 1. The second kappa shape index (κ2) is 6.43. The summed E-state index contributed by atoms with van der Waals surface area (Å²) in [6.45, 7) is 6.18. The van der Waals surface area contributed by atoms with Gasteiger partial charge in [-0.15, -0.1) is 0 Å². The number of fused-ring (bicyclic) bond motifs is 1. The number of aromatic nitrogens is 3. The topological polar surface area (TPSA) is 51.0 Å². The number of rotatable bonds is 4. The quantitative estimate of drug-likeness (QED) is 0.733. The average Bonchev–Trinajstić information content (AvgIpc) is 3.04. The first-order valence-electron chi connectivity index (χ1n) is 8.13. The first-order chi connectivity index (χ1) is 11.5. The highest BCUT2D eigenvalue weighted by atomic mass is 16.2. The standard InChI is InChI=1S/C19H22N4O/c1-13(2)23-12-21-17-10-16(11-20-18(17)23)19(24)22(4)14(3)15-8-6-5-7-9-15/h5-14H,1-4H3/t14-/m0/s1. The third kappa shape index (κ3) is 2.89. The van der Waals surface area contributed by atoms with E-state index in [9.17, 15) is 4.79 Å². The zero-order chi connectivity index (χ0) is 17.3. The van der Waals surface area contributed by atoms with Crippen molar-refractivity contribution >= 4 is 17.1 Å². The van der Waals surface area contributed by atoms with E-state index in [0.29, 0.717) is 5.56 Å². The Morgan fingerprint density at radius 3 is 2.50 bits per heavy atom. The van der Waals surface area contributed by atoms with Crippen molar-refractivity contribution in [2.24, 2.45) is 0 Å². The fourth-order valence-electron chi connectivity index (χ4n) is 2.75. The summed E-state index contributed by atoms with van der Waals surface area (Å²) in [7, 11) is 1.82. The maximum Gasteiger partial charge on any atom is 0.255 e. The normalized spacial score (nSPS) is 12.5. The molecular weight excluding hydrogens is 300 g/mol. The van der Waals surface area contributed by atoms with Gasteiger partial charge in [0, 0.05) is 19.3 Å². The lowest BCUT2D eigenvalue weighted by Crippen LogP contribution is -2.29. The number of carbonyl (C=O) groups excluding carboxylic acids is 1. The van der Waals surface area contributed by atoms with Crippen molar-refractivity contribution in [2.45, 2.75) is 32.9 Å². The molecule has 2 aromatic heterocycles. The minimum absolute atomic E-state index is 0.0115. The van der Waals surface area contributed by atoms with Gasteiger partial charge in [0.25, 0.3) is 5.91 Å². The lowest BCUT2D eigenvalue weighted by Gasteiger charge is -2.25. The zero-order valence-electron chi connectivity index (χ0n) is 14.5. The Hall–Kier alpha value is -2.69. The molecule has 0 N–H and O–H groups in total. The molecule has 3 rings (SSSR count). The van der Waals surface area contributed by atoms with E-state index in [0.717, 1.165) is 16.7 Å². The monoisotopic (exact) mass is 322 g/mol. The fraction of sp³-hybridized carbons (Fsp3) is 0.316. The highest BCUT2D eigenvalue weighted by Gasteiger charge is 2.20. The van der Waals surface area contributed by atoms with E-state index in [4.69, 9.17) is 0 Å². The molecule has 0 spiro atoms. The van der Waals surface area contributed by atoms with E-state index in [1.807, 2.05) is 54.9 Å².